The molecule has 2 N–H and O–H groups in total. The van der Waals surface area contributed by atoms with Crippen LogP contribution in [-0.2, 0) is 6.54 Å². The Morgan fingerprint density at radius 1 is 1.10 bits per heavy atom. The third-order valence-corrected chi connectivity index (χ3v) is 5.34. The highest BCUT2D eigenvalue weighted by atomic mass is 32.1. The molecule has 1 aliphatic rings. The van der Waals surface area contributed by atoms with Gasteiger partial charge in [-0.25, -0.2) is 15.0 Å². The van der Waals surface area contributed by atoms with Gasteiger partial charge in [0, 0.05) is 31.2 Å². The summed E-state index contributed by atoms with van der Waals surface area (Å²) >= 11 is 1.46. The molecule has 0 bridgehead atoms. The molecule has 0 aliphatic carbocycles. The Kier molecular flexibility index (Phi) is 8.31. The summed E-state index contributed by atoms with van der Waals surface area (Å²) in [6, 6.07) is 13.9. The number of anilines is 1. The average molecular weight is 425 g/mol. The SMILES string of the molecule is C1CNCNC1.C=Nc1nc(-c2cccc(N(C)Cc3ccccc3OC)n2)cs1. The minimum absolute atomic E-state index is 0.652. The molecule has 0 unspecified atom stereocenters. The van der Waals surface area contributed by atoms with Crippen LogP contribution in [0.5, 0.6) is 5.75 Å². The van der Waals surface area contributed by atoms with Crippen LogP contribution >= 0.6 is 11.3 Å². The molecule has 0 atom stereocenters. The lowest BCUT2D eigenvalue weighted by Gasteiger charge is -2.20. The van der Waals surface area contributed by atoms with E-state index in [1.165, 1.54) is 30.8 Å². The number of methoxy groups -OCH3 is 1. The minimum Gasteiger partial charge on any atom is -0.496 e. The van der Waals surface area contributed by atoms with Gasteiger partial charge in [0.25, 0.3) is 0 Å². The van der Waals surface area contributed by atoms with Crippen LogP contribution in [0.2, 0.25) is 0 Å². The van der Waals surface area contributed by atoms with Crippen molar-refractivity contribution in [2.75, 3.05) is 38.8 Å². The number of pyridine rings is 1. The van der Waals surface area contributed by atoms with E-state index in [9.17, 15) is 0 Å². The molecular weight excluding hydrogens is 396 g/mol. The zero-order chi connectivity index (χ0) is 21.2. The Hall–Kier alpha value is -2.81. The Labute approximate surface area is 181 Å². The molecule has 3 aromatic rings. The Balaban J connectivity index is 0.000000367. The smallest absolute Gasteiger partial charge is 0.209 e. The lowest BCUT2D eigenvalue weighted by Crippen LogP contribution is -2.37. The summed E-state index contributed by atoms with van der Waals surface area (Å²) in [7, 11) is 3.70. The van der Waals surface area contributed by atoms with Crippen molar-refractivity contribution in [3.8, 4) is 17.1 Å². The number of thiazole rings is 1. The second-order valence-corrected chi connectivity index (χ2v) is 7.59. The quantitative estimate of drug-likeness (QED) is 0.588. The van der Waals surface area contributed by atoms with Crippen molar-refractivity contribution in [2.45, 2.75) is 13.0 Å². The van der Waals surface area contributed by atoms with Gasteiger partial charge in [-0.1, -0.05) is 24.3 Å². The molecule has 3 heterocycles. The molecule has 30 heavy (non-hydrogen) atoms. The number of aliphatic imine (C=N–C) groups is 1. The van der Waals surface area contributed by atoms with Crippen molar-refractivity contribution >= 4 is 29.0 Å². The van der Waals surface area contributed by atoms with Crippen LogP contribution in [0.4, 0.5) is 10.9 Å². The maximum Gasteiger partial charge on any atom is 0.209 e. The topological polar surface area (TPSA) is 74.7 Å². The number of para-hydroxylation sites is 1. The van der Waals surface area contributed by atoms with Gasteiger partial charge in [-0.2, -0.15) is 0 Å². The highest BCUT2D eigenvalue weighted by molar-refractivity contribution is 7.13. The van der Waals surface area contributed by atoms with E-state index in [-0.39, 0.29) is 0 Å². The van der Waals surface area contributed by atoms with Crippen molar-refractivity contribution in [1.29, 1.82) is 0 Å². The summed E-state index contributed by atoms with van der Waals surface area (Å²) in [5, 5.41) is 8.94. The predicted molar refractivity (Wildman–Crippen MR) is 125 cm³/mol. The summed E-state index contributed by atoms with van der Waals surface area (Å²) in [5.41, 5.74) is 2.75. The van der Waals surface area contributed by atoms with Crippen molar-refractivity contribution in [1.82, 2.24) is 20.6 Å². The minimum atomic E-state index is 0.652. The van der Waals surface area contributed by atoms with Crippen molar-refractivity contribution < 1.29 is 4.74 Å². The van der Waals surface area contributed by atoms with Crippen LogP contribution in [0, 0.1) is 0 Å². The fraction of sp³-hybridized carbons (Fsp3) is 0.318. The predicted octanol–water partition coefficient (Wildman–Crippen LogP) is 3.71. The zero-order valence-corrected chi connectivity index (χ0v) is 18.3. The first kappa shape index (κ1) is 21.9. The number of nitrogens with zero attached hydrogens (tertiary/aromatic N) is 4. The fourth-order valence-electron chi connectivity index (χ4n) is 3.01. The molecule has 7 nitrogen and oxygen atoms in total. The summed E-state index contributed by atoms with van der Waals surface area (Å²) in [5.74, 6) is 1.75. The highest BCUT2D eigenvalue weighted by Crippen LogP contribution is 2.27. The Bertz CT molecular complexity index is 929. The molecule has 4 rings (SSSR count). The Morgan fingerprint density at radius 2 is 1.90 bits per heavy atom. The lowest BCUT2D eigenvalue weighted by atomic mass is 10.2. The second kappa shape index (κ2) is 11.4. The first-order chi connectivity index (χ1) is 14.7. The molecular formula is C22H28N6OS. The summed E-state index contributed by atoms with van der Waals surface area (Å²) < 4.78 is 5.42. The zero-order valence-electron chi connectivity index (χ0n) is 17.5. The number of benzene rings is 1. The number of aromatic nitrogens is 2. The van der Waals surface area contributed by atoms with E-state index in [1.54, 1.807) is 7.11 Å². The molecule has 8 heteroatoms. The lowest BCUT2D eigenvalue weighted by molar-refractivity contribution is 0.409. The van der Waals surface area contributed by atoms with Gasteiger partial charge in [-0.3, -0.25) is 0 Å². The van der Waals surface area contributed by atoms with E-state index < -0.39 is 0 Å². The number of ether oxygens (including phenoxy) is 1. The monoisotopic (exact) mass is 424 g/mol. The Morgan fingerprint density at radius 3 is 2.53 bits per heavy atom. The second-order valence-electron chi connectivity index (χ2n) is 6.75. The molecule has 0 saturated carbocycles. The van der Waals surface area contributed by atoms with Gasteiger partial charge in [0.1, 0.15) is 17.3 Å². The van der Waals surface area contributed by atoms with Crippen molar-refractivity contribution in [3.05, 3.63) is 53.4 Å². The van der Waals surface area contributed by atoms with Crippen molar-refractivity contribution in [3.63, 3.8) is 0 Å². The van der Waals surface area contributed by atoms with Gasteiger partial charge in [-0.15, -0.1) is 11.3 Å². The van der Waals surface area contributed by atoms with E-state index >= 15 is 0 Å². The summed E-state index contributed by atoms with van der Waals surface area (Å²) in [4.78, 5) is 15.0. The number of hydrogen-bond donors (Lipinski definition) is 2. The van der Waals surface area contributed by atoms with Crippen LogP contribution in [0.15, 0.2) is 52.8 Å². The van der Waals surface area contributed by atoms with Gasteiger partial charge in [-0.05, 0) is 44.4 Å². The van der Waals surface area contributed by atoms with E-state index in [1.807, 2.05) is 48.8 Å². The molecule has 158 valence electrons. The van der Waals surface area contributed by atoms with E-state index in [0.717, 1.165) is 35.2 Å². The van der Waals surface area contributed by atoms with Gasteiger partial charge < -0.3 is 20.3 Å². The van der Waals surface area contributed by atoms with Gasteiger partial charge in [0.05, 0.1) is 12.8 Å². The summed E-state index contributed by atoms with van der Waals surface area (Å²) in [6.07, 6.45) is 1.28. The first-order valence-electron chi connectivity index (χ1n) is 9.85. The largest absolute Gasteiger partial charge is 0.496 e. The number of rotatable bonds is 6. The van der Waals surface area contributed by atoms with Crippen LogP contribution in [0.25, 0.3) is 11.4 Å². The maximum absolute atomic E-state index is 5.42. The number of hydrogen-bond acceptors (Lipinski definition) is 8. The maximum atomic E-state index is 5.42. The van der Waals surface area contributed by atoms with Crippen LogP contribution in [0.1, 0.15) is 12.0 Å². The van der Waals surface area contributed by atoms with Crippen LogP contribution in [-0.4, -0.2) is 50.6 Å². The molecule has 0 spiro atoms. The first-order valence-corrected chi connectivity index (χ1v) is 10.7. The molecule has 1 saturated heterocycles. The normalized spacial score (nSPS) is 13.1. The third kappa shape index (κ3) is 6.09. The van der Waals surface area contributed by atoms with Crippen LogP contribution < -0.4 is 20.3 Å². The van der Waals surface area contributed by atoms with Gasteiger partial charge >= 0.3 is 0 Å². The summed E-state index contributed by atoms with van der Waals surface area (Å²) in [6.45, 7) is 7.58. The fourth-order valence-corrected chi connectivity index (χ4v) is 3.62. The molecule has 2 aromatic heterocycles. The van der Waals surface area contributed by atoms with E-state index in [0.29, 0.717) is 11.7 Å². The highest BCUT2D eigenvalue weighted by Gasteiger charge is 2.10. The van der Waals surface area contributed by atoms with Crippen LogP contribution in [0.3, 0.4) is 0 Å². The van der Waals surface area contributed by atoms with E-state index in [4.69, 9.17) is 9.72 Å². The molecule has 0 amide bonds. The van der Waals surface area contributed by atoms with Gasteiger partial charge in [0.15, 0.2) is 0 Å². The molecule has 1 aliphatic heterocycles. The average Bonchev–Trinajstić information content (AvgIpc) is 3.30. The molecule has 1 fully saturated rings. The third-order valence-electron chi connectivity index (χ3n) is 4.57. The van der Waals surface area contributed by atoms with Crippen molar-refractivity contribution in [2.24, 2.45) is 4.99 Å². The number of nitrogens with one attached hydrogen (secondary N) is 2. The molecule has 1 aromatic carbocycles. The van der Waals surface area contributed by atoms with E-state index in [2.05, 4.69) is 38.3 Å². The standard InChI is InChI=1S/C18H18N4OS.C4H10N2/c1-19-18-21-15(12-24-18)14-8-6-10-17(20-14)22(2)11-13-7-4-5-9-16(13)23-3;1-2-5-4-6-3-1/h4-10,12H,1,11H2,2-3H3;5-6H,1-4H2. The molecule has 0 radical (unpaired) electrons. The van der Waals surface area contributed by atoms with Gasteiger partial charge in [0.2, 0.25) is 5.13 Å².